The number of carbonyl (C=O) groups excluding carboxylic acids is 3. The lowest BCUT2D eigenvalue weighted by Gasteiger charge is -2.12. The molecule has 0 aliphatic heterocycles. The van der Waals surface area contributed by atoms with Gasteiger partial charge in [0.1, 0.15) is 5.69 Å². The molecule has 0 bridgehead atoms. The summed E-state index contributed by atoms with van der Waals surface area (Å²) in [5, 5.41) is 5.44. The number of carbonyl (C=O) groups is 3. The molecule has 2 aromatic rings. The number of hydrogen-bond donors (Lipinski definition) is 2. The molecule has 0 aliphatic rings. The third-order valence-electron chi connectivity index (χ3n) is 3.71. The normalized spacial score (nSPS) is 10.5. The molecule has 0 radical (unpaired) electrons. The SMILES string of the molecule is Cc1ccc(C(=O)Nc2cccc(C(=O)OCCl)c2)c(C(=O)NCC(C)C)n1. The van der Waals surface area contributed by atoms with Crippen LogP contribution in [0.5, 0.6) is 0 Å². The molecule has 0 spiro atoms. The summed E-state index contributed by atoms with van der Waals surface area (Å²) < 4.78 is 4.73. The van der Waals surface area contributed by atoms with Gasteiger partial charge >= 0.3 is 5.97 Å². The number of benzene rings is 1. The van der Waals surface area contributed by atoms with Crippen LogP contribution in [0.4, 0.5) is 5.69 Å². The molecule has 0 saturated heterocycles. The van der Waals surface area contributed by atoms with Crippen molar-refractivity contribution in [2.75, 3.05) is 17.9 Å². The number of hydrogen-bond acceptors (Lipinski definition) is 5. The van der Waals surface area contributed by atoms with Crippen molar-refractivity contribution in [1.82, 2.24) is 10.3 Å². The zero-order chi connectivity index (χ0) is 20.7. The summed E-state index contributed by atoms with van der Waals surface area (Å²) in [6, 6.07) is 9.17. The third kappa shape index (κ3) is 5.79. The van der Waals surface area contributed by atoms with Crippen LogP contribution in [-0.4, -0.2) is 35.4 Å². The molecule has 2 amide bonds. The lowest BCUT2D eigenvalue weighted by atomic mass is 10.1. The van der Waals surface area contributed by atoms with E-state index in [0.29, 0.717) is 17.9 Å². The van der Waals surface area contributed by atoms with E-state index in [1.165, 1.54) is 6.07 Å². The Kier molecular flexibility index (Phi) is 7.52. The number of nitrogens with one attached hydrogen (secondary N) is 2. The van der Waals surface area contributed by atoms with Gasteiger partial charge in [-0.15, -0.1) is 0 Å². The van der Waals surface area contributed by atoms with E-state index in [1.807, 2.05) is 13.8 Å². The summed E-state index contributed by atoms with van der Waals surface area (Å²) >= 11 is 5.40. The predicted octanol–water partition coefficient (Wildman–Crippen LogP) is 3.38. The van der Waals surface area contributed by atoms with Gasteiger partial charge in [-0.25, -0.2) is 9.78 Å². The van der Waals surface area contributed by atoms with Gasteiger partial charge in [0.25, 0.3) is 11.8 Å². The van der Waals surface area contributed by atoms with Crippen molar-refractivity contribution >= 4 is 35.1 Å². The molecule has 0 atom stereocenters. The maximum atomic E-state index is 12.7. The first-order chi connectivity index (χ1) is 13.3. The second-order valence-electron chi connectivity index (χ2n) is 6.53. The molecule has 7 nitrogen and oxygen atoms in total. The molecule has 1 aromatic carbocycles. The lowest BCUT2D eigenvalue weighted by molar-refractivity contribution is 0.0574. The van der Waals surface area contributed by atoms with Crippen molar-refractivity contribution in [3.05, 3.63) is 58.9 Å². The smallest absolute Gasteiger partial charge is 0.339 e. The highest BCUT2D eigenvalue weighted by Crippen LogP contribution is 2.15. The minimum absolute atomic E-state index is 0.0517. The van der Waals surface area contributed by atoms with E-state index >= 15 is 0 Å². The molecule has 148 valence electrons. The van der Waals surface area contributed by atoms with Crippen molar-refractivity contribution in [2.24, 2.45) is 5.92 Å². The predicted molar refractivity (Wildman–Crippen MR) is 107 cm³/mol. The molecular formula is C20H22ClN3O4. The molecule has 0 fully saturated rings. The molecule has 1 aromatic heterocycles. The van der Waals surface area contributed by atoms with Gasteiger partial charge < -0.3 is 15.4 Å². The number of esters is 1. The number of aromatic nitrogens is 1. The topological polar surface area (TPSA) is 97.4 Å². The monoisotopic (exact) mass is 403 g/mol. The van der Waals surface area contributed by atoms with Gasteiger partial charge in [0, 0.05) is 17.9 Å². The highest BCUT2D eigenvalue weighted by atomic mass is 35.5. The number of amides is 2. The largest absolute Gasteiger partial charge is 0.446 e. The summed E-state index contributed by atoms with van der Waals surface area (Å²) in [6.07, 6.45) is 0. The fourth-order valence-electron chi connectivity index (χ4n) is 2.35. The highest BCUT2D eigenvalue weighted by Gasteiger charge is 2.20. The van der Waals surface area contributed by atoms with Crippen LogP contribution in [0.3, 0.4) is 0 Å². The number of ether oxygens (including phenoxy) is 1. The standard InChI is InChI=1S/C20H22ClN3O4/c1-12(2)10-22-19(26)17-16(8-7-13(3)23-17)18(25)24-15-6-4-5-14(9-15)20(27)28-11-21/h4-9,12H,10-11H2,1-3H3,(H,22,26)(H,24,25). The maximum Gasteiger partial charge on any atom is 0.339 e. The molecule has 28 heavy (non-hydrogen) atoms. The molecule has 0 saturated carbocycles. The Labute approximate surface area is 168 Å². The van der Waals surface area contributed by atoms with Crippen LogP contribution in [0, 0.1) is 12.8 Å². The lowest BCUT2D eigenvalue weighted by Crippen LogP contribution is -2.30. The van der Waals surface area contributed by atoms with Crippen LogP contribution in [0.15, 0.2) is 36.4 Å². The number of aryl methyl sites for hydroxylation is 1. The van der Waals surface area contributed by atoms with Gasteiger partial charge in [0.15, 0.2) is 6.07 Å². The molecule has 1 heterocycles. The van der Waals surface area contributed by atoms with Crippen LogP contribution in [0.1, 0.15) is 50.7 Å². The van der Waals surface area contributed by atoms with Gasteiger partial charge in [0.2, 0.25) is 0 Å². The number of pyridine rings is 1. The Hall–Kier alpha value is -2.93. The Balaban J connectivity index is 2.24. The second kappa shape index (κ2) is 9.85. The number of anilines is 1. The van der Waals surface area contributed by atoms with Crippen LogP contribution >= 0.6 is 11.6 Å². The molecular weight excluding hydrogens is 382 g/mol. The average Bonchev–Trinajstić information content (AvgIpc) is 2.66. The minimum Gasteiger partial charge on any atom is -0.446 e. The number of rotatable bonds is 7. The number of halogens is 1. The van der Waals surface area contributed by atoms with Crippen LogP contribution in [-0.2, 0) is 4.74 Å². The minimum atomic E-state index is -0.600. The van der Waals surface area contributed by atoms with Gasteiger partial charge in [-0.1, -0.05) is 31.5 Å². The van der Waals surface area contributed by atoms with Crippen molar-refractivity contribution in [3.63, 3.8) is 0 Å². The third-order valence-corrected chi connectivity index (χ3v) is 3.82. The van der Waals surface area contributed by atoms with Crippen LogP contribution < -0.4 is 10.6 Å². The van der Waals surface area contributed by atoms with E-state index in [9.17, 15) is 14.4 Å². The number of nitrogens with zero attached hydrogens (tertiary/aromatic N) is 1. The summed E-state index contributed by atoms with van der Waals surface area (Å²) in [4.78, 5) is 41.2. The summed E-state index contributed by atoms with van der Waals surface area (Å²) in [5.74, 6) is -1.26. The second-order valence-corrected chi connectivity index (χ2v) is 6.75. The average molecular weight is 404 g/mol. The van der Waals surface area contributed by atoms with E-state index in [1.54, 1.807) is 37.3 Å². The van der Waals surface area contributed by atoms with Crippen LogP contribution in [0.2, 0.25) is 0 Å². The van der Waals surface area contributed by atoms with Crippen molar-refractivity contribution < 1.29 is 19.1 Å². The van der Waals surface area contributed by atoms with Crippen LogP contribution in [0.25, 0.3) is 0 Å². The van der Waals surface area contributed by atoms with Gasteiger partial charge in [0.05, 0.1) is 11.1 Å². The van der Waals surface area contributed by atoms with Crippen molar-refractivity contribution in [2.45, 2.75) is 20.8 Å². The van der Waals surface area contributed by atoms with E-state index < -0.39 is 17.8 Å². The zero-order valence-electron chi connectivity index (χ0n) is 15.9. The van der Waals surface area contributed by atoms with E-state index in [4.69, 9.17) is 16.3 Å². The van der Waals surface area contributed by atoms with Gasteiger partial charge in [-0.05, 0) is 43.2 Å². The molecule has 8 heteroatoms. The summed E-state index contributed by atoms with van der Waals surface area (Å²) in [7, 11) is 0. The zero-order valence-corrected chi connectivity index (χ0v) is 16.7. The first kappa shape index (κ1) is 21.4. The Morgan fingerprint density at radius 2 is 1.89 bits per heavy atom. The number of alkyl halides is 1. The van der Waals surface area contributed by atoms with E-state index in [-0.39, 0.29) is 28.8 Å². The molecule has 2 N–H and O–H groups in total. The Bertz CT molecular complexity index is 884. The summed E-state index contributed by atoms with van der Waals surface area (Å²) in [5.41, 5.74) is 1.44. The van der Waals surface area contributed by atoms with Gasteiger partial charge in [-0.3, -0.25) is 9.59 Å². The van der Waals surface area contributed by atoms with E-state index in [0.717, 1.165) is 0 Å². The van der Waals surface area contributed by atoms with Crippen molar-refractivity contribution in [1.29, 1.82) is 0 Å². The Morgan fingerprint density at radius 1 is 1.14 bits per heavy atom. The molecule has 0 aliphatic carbocycles. The van der Waals surface area contributed by atoms with E-state index in [2.05, 4.69) is 15.6 Å². The quantitative estimate of drug-likeness (QED) is 0.545. The highest BCUT2D eigenvalue weighted by molar-refractivity contribution is 6.17. The Morgan fingerprint density at radius 3 is 2.57 bits per heavy atom. The molecule has 2 rings (SSSR count). The van der Waals surface area contributed by atoms with Crippen molar-refractivity contribution in [3.8, 4) is 0 Å². The summed E-state index contributed by atoms with van der Waals surface area (Å²) in [6.45, 7) is 6.16. The first-order valence-corrected chi connectivity index (χ1v) is 9.25. The van der Waals surface area contributed by atoms with Gasteiger partial charge in [-0.2, -0.15) is 0 Å². The molecule has 0 unspecified atom stereocenters. The maximum absolute atomic E-state index is 12.7. The fraction of sp³-hybridized carbons (Fsp3) is 0.300. The first-order valence-electron chi connectivity index (χ1n) is 8.72. The fourth-order valence-corrected chi connectivity index (χ4v) is 2.45.